The second-order valence-corrected chi connectivity index (χ2v) is 9.82. The predicted molar refractivity (Wildman–Crippen MR) is 106 cm³/mol. The summed E-state index contributed by atoms with van der Waals surface area (Å²) in [6.07, 6.45) is 5.30. The average Bonchev–Trinajstić information content (AvgIpc) is 2.61. The van der Waals surface area contributed by atoms with Crippen molar-refractivity contribution in [2.24, 2.45) is 5.92 Å². The van der Waals surface area contributed by atoms with Gasteiger partial charge in [0.2, 0.25) is 16.0 Å². The third-order valence-corrected chi connectivity index (χ3v) is 6.67. The van der Waals surface area contributed by atoms with E-state index in [2.05, 4.69) is 34.0 Å². The summed E-state index contributed by atoms with van der Waals surface area (Å²) >= 11 is 0. The van der Waals surface area contributed by atoms with Crippen molar-refractivity contribution in [1.82, 2.24) is 14.3 Å². The zero-order valence-electron chi connectivity index (χ0n) is 16.6. The second-order valence-electron chi connectivity index (χ2n) is 7.88. The summed E-state index contributed by atoms with van der Waals surface area (Å²) in [5.41, 5.74) is 0. The molecule has 0 amide bonds. The lowest BCUT2D eigenvalue weighted by molar-refractivity contribution is -0.0203. The molecule has 0 aliphatic carbocycles. The Morgan fingerprint density at radius 1 is 1.33 bits per heavy atom. The van der Waals surface area contributed by atoms with Gasteiger partial charge in [-0.05, 0) is 31.7 Å². The monoisotopic (exact) mass is 397 g/mol. The van der Waals surface area contributed by atoms with E-state index in [0.29, 0.717) is 31.5 Å². The van der Waals surface area contributed by atoms with E-state index in [9.17, 15) is 8.42 Å². The molecule has 2 saturated heterocycles. The van der Waals surface area contributed by atoms with E-state index in [1.807, 2.05) is 13.0 Å². The minimum atomic E-state index is -3.18. The van der Waals surface area contributed by atoms with E-state index in [4.69, 9.17) is 4.74 Å². The maximum atomic E-state index is 11.9. The topological polar surface area (TPSA) is 87.7 Å². The lowest BCUT2D eigenvalue weighted by atomic mass is 9.94. The van der Waals surface area contributed by atoms with Gasteiger partial charge in [-0.2, -0.15) is 9.29 Å². The fourth-order valence-corrected chi connectivity index (χ4v) is 5.13. The van der Waals surface area contributed by atoms with Crippen LogP contribution < -0.4 is 10.2 Å². The smallest absolute Gasteiger partial charge is 0.227 e. The summed E-state index contributed by atoms with van der Waals surface area (Å²) in [5, 5.41) is 3.53. The van der Waals surface area contributed by atoms with Crippen molar-refractivity contribution >= 4 is 21.8 Å². The Morgan fingerprint density at radius 3 is 2.78 bits per heavy atom. The number of ether oxygens (including phenoxy) is 1. The summed E-state index contributed by atoms with van der Waals surface area (Å²) in [6, 6.07) is 2.01. The number of sulfonamides is 1. The van der Waals surface area contributed by atoms with Gasteiger partial charge >= 0.3 is 0 Å². The van der Waals surface area contributed by atoms with Crippen LogP contribution in [0, 0.1) is 5.92 Å². The van der Waals surface area contributed by atoms with E-state index < -0.39 is 10.0 Å². The van der Waals surface area contributed by atoms with Crippen molar-refractivity contribution in [3.8, 4) is 0 Å². The lowest BCUT2D eigenvalue weighted by Gasteiger charge is -2.38. The first kappa shape index (κ1) is 20.3. The van der Waals surface area contributed by atoms with Gasteiger partial charge in [-0.25, -0.2) is 13.4 Å². The number of nitrogens with zero attached hydrogens (tertiary/aromatic N) is 4. The number of piperazine rings is 1. The first-order valence-corrected chi connectivity index (χ1v) is 11.5. The molecule has 2 fully saturated rings. The molecule has 0 saturated carbocycles. The van der Waals surface area contributed by atoms with Crippen LogP contribution >= 0.6 is 0 Å². The fourth-order valence-electron chi connectivity index (χ4n) is 4.00. The van der Waals surface area contributed by atoms with Crippen LogP contribution in [-0.4, -0.2) is 73.4 Å². The highest BCUT2D eigenvalue weighted by Crippen LogP contribution is 2.24. The maximum absolute atomic E-state index is 11.9. The third-order valence-electron chi connectivity index (χ3n) is 5.27. The highest BCUT2D eigenvalue weighted by Gasteiger charge is 2.31. The molecule has 3 atom stereocenters. The fraction of sp³-hybridized carbons (Fsp3) is 0.778. The molecule has 2 unspecified atom stereocenters. The van der Waals surface area contributed by atoms with E-state index in [-0.39, 0.29) is 18.2 Å². The van der Waals surface area contributed by atoms with Crippen molar-refractivity contribution in [3.63, 3.8) is 0 Å². The molecule has 0 radical (unpaired) electrons. The number of hydrogen-bond acceptors (Lipinski definition) is 7. The molecule has 152 valence electrons. The van der Waals surface area contributed by atoms with Crippen LogP contribution in [0.15, 0.2) is 12.3 Å². The minimum Gasteiger partial charge on any atom is -0.376 e. The van der Waals surface area contributed by atoms with Gasteiger partial charge in [-0.15, -0.1) is 0 Å². The third kappa shape index (κ3) is 4.89. The largest absolute Gasteiger partial charge is 0.376 e. The van der Waals surface area contributed by atoms with Crippen LogP contribution in [0.3, 0.4) is 0 Å². The molecular weight excluding hydrogens is 366 g/mol. The molecular formula is C18H31N5O3S. The van der Waals surface area contributed by atoms with Gasteiger partial charge in [-0.1, -0.05) is 13.8 Å². The first-order valence-electron chi connectivity index (χ1n) is 9.68. The van der Waals surface area contributed by atoms with Gasteiger partial charge in [0.05, 0.1) is 18.4 Å². The molecule has 8 nitrogen and oxygen atoms in total. The van der Waals surface area contributed by atoms with Crippen LogP contribution in [0.2, 0.25) is 0 Å². The molecule has 3 rings (SSSR count). The Bertz CT molecular complexity index is 742. The normalized spacial score (nSPS) is 27.7. The maximum Gasteiger partial charge on any atom is 0.227 e. The van der Waals surface area contributed by atoms with E-state index in [1.165, 1.54) is 10.6 Å². The van der Waals surface area contributed by atoms with Crippen molar-refractivity contribution < 1.29 is 13.2 Å². The molecule has 9 heteroatoms. The lowest BCUT2D eigenvalue weighted by Crippen LogP contribution is -2.54. The minimum absolute atomic E-state index is 0.106. The molecule has 1 N–H and O–H groups in total. The molecule has 1 aromatic heterocycles. The Morgan fingerprint density at radius 2 is 2.11 bits per heavy atom. The zero-order chi connectivity index (χ0) is 19.6. The van der Waals surface area contributed by atoms with Gasteiger partial charge in [0, 0.05) is 38.5 Å². The van der Waals surface area contributed by atoms with Crippen molar-refractivity contribution in [2.75, 3.05) is 42.7 Å². The summed E-state index contributed by atoms with van der Waals surface area (Å²) < 4.78 is 31.2. The van der Waals surface area contributed by atoms with Crippen LogP contribution in [0.1, 0.15) is 33.6 Å². The van der Waals surface area contributed by atoms with E-state index in [1.54, 1.807) is 6.20 Å². The molecule has 0 aromatic carbocycles. The SMILES string of the molecule is CC(C)C1OCCCC1Nc1ccnc(N2CCN(S(C)(=O)=O)[C@@H](C)C2)n1. The van der Waals surface area contributed by atoms with Gasteiger partial charge < -0.3 is 15.0 Å². The summed E-state index contributed by atoms with van der Waals surface area (Å²) in [6.45, 7) is 8.71. The summed E-state index contributed by atoms with van der Waals surface area (Å²) in [5.74, 6) is 1.87. The first-order chi connectivity index (χ1) is 12.8. The number of anilines is 2. The van der Waals surface area contributed by atoms with Gasteiger partial charge in [0.1, 0.15) is 5.82 Å². The Hall–Kier alpha value is -1.45. The van der Waals surface area contributed by atoms with Gasteiger partial charge in [-0.3, -0.25) is 0 Å². The molecule has 0 bridgehead atoms. The summed E-state index contributed by atoms with van der Waals surface area (Å²) in [7, 11) is -3.18. The number of nitrogens with one attached hydrogen (secondary N) is 1. The van der Waals surface area contributed by atoms with Crippen LogP contribution in [0.4, 0.5) is 11.8 Å². The molecule has 27 heavy (non-hydrogen) atoms. The summed E-state index contributed by atoms with van der Waals surface area (Å²) in [4.78, 5) is 11.1. The zero-order valence-corrected chi connectivity index (χ0v) is 17.4. The van der Waals surface area contributed by atoms with Crippen LogP contribution in [0.5, 0.6) is 0 Å². The standard InChI is InChI=1S/C18H31N5O3S/c1-13(2)17-15(6-5-11-26-17)20-16-7-8-19-18(21-16)22-9-10-23(14(3)12-22)27(4,24)25/h7-8,13-15,17H,5-6,9-12H2,1-4H3,(H,19,20,21)/t14-,15?,17?/m0/s1. The Kier molecular flexibility index (Phi) is 6.22. The van der Waals surface area contributed by atoms with Crippen LogP contribution in [-0.2, 0) is 14.8 Å². The van der Waals surface area contributed by atoms with Crippen molar-refractivity contribution in [3.05, 3.63) is 12.3 Å². The van der Waals surface area contributed by atoms with E-state index in [0.717, 1.165) is 25.3 Å². The Balaban J connectivity index is 1.69. The van der Waals surface area contributed by atoms with Gasteiger partial charge in [0.15, 0.2) is 0 Å². The molecule has 3 heterocycles. The second kappa shape index (κ2) is 8.28. The quantitative estimate of drug-likeness (QED) is 0.807. The predicted octanol–water partition coefficient (Wildman–Crippen LogP) is 1.56. The van der Waals surface area contributed by atoms with Crippen LogP contribution in [0.25, 0.3) is 0 Å². The molecule has 0 spiro atoms. The average molecular weight is 398 g/mol. The number of hydrogen-bond donors (Lipinski definition) is 1. The van der Waals surface area contributed by atoms with E-state index >= 15 is 0 Å². The highest BCUT2D eigenvalue weighted by atomic mass is 32.2. The number of aromatic nitrogens is 2. The Labute approximate surface area is 162 Å². The molecule has 2 aliphatic rings. The number of rotatable bonds is 5. The van der Waals surface area contributed by atoms with Crippen molar-refractivity contribution in [2.45, 2.75) is 51.8 Å². The van der Waals surface area contributed by atoms with Gasteiger partial charge in [0.25, 0.3) is 0 Å². The molecule has 2 aliphatic heterocycles. The molecule has 1 aromatic rings. The highest BCUT2D eigenvalue weighted by molar-refractivity contribution is 7.88. The van der Waals surface area contributed by atoms with Crippen molar-refractivity contribution in [1.29, 1.82) is 0 Å².